The van der Waals surface area contributed by atoms with E-state index in [0.717, 1.165) is 3.57 Å². The third-order valence-electron chi connectivity index (χ3n) is 1.88. The Bertz CT molecular complexity index is 489. The molecule has 0 bridgehead atoms. The second kappa shape index (κ2) is 4.05. The van der Waals surface area contributed by atoms with Gasteiger partial charge >= 0.3 is 5.97 Å². The molecule has 2 heterocycles. The van der Waals surface area contributed by atoms with Crippen molar-refractivity contribution in [3.63, 3.8) is 0 Å². The molecule has 0 saturated carbocycles. The molecule has 0 fully saturated rings. The molecule has 0 spiro atoms. The molecule has 0 amide bonds. The maximum Gasteiger partial charge on any atom is 0.372 e. The smallest absolute Gasteiger partial charge is 0.372 e. The van der Waals surface area contributed by atoms with Gasteiger partial charge in [-0.3, -0.25) is 4.68 Å². The standard InChI is InChI=1S/C9H7IN2O3/c10-7-3-11-12(5-7)4-6-1-2-15-8(6)9(13)14/h1-3,5H,4H2,(H,13,14). The number of rotatable bonds is 3. The topological polar surface area (TPSA) is 68.3 Å². The van der Waals surface area contributed by atoms with Crippen LogP contribution in [0.5, 0.6) is 0 Å². The fourth-order valence-corrected chi connectivity index (χ4v) is 1.69. The molecule has 0 aromatic carbocycles. The zero-order valence-corrected chi connectivity index (χ0v) is 9.71. The van der Waals surface area contributed by atoms with E-state index in [1.807, 2.05) is 6.20 Å². The van der Waals surface area contributed by atoms with E-state index < -0.39 is 5.97 Å². The molecule has 1 N–H and O–H groups in total. The molecule has 0 atom stereocenters. The van der Waals surface area contributed by atoms with Gasteiger partial charge < -0.3 is 9.52 Å². The van der Waals surface area contributed by atoms with Crippen molar-refractivity contribution in [3.8, 4) is 0 Å². The molecule has 6 heteroatoms. The molecule has 2 aromatic heterocycles. The van der Waals surface area contributed by atoms with E-state index >= 15 is 0 Å². The summed E-state index contributed by atoms with van der Waals surface area (Å²) in [5.41, 5.74) is 0.613. The average Bonchev–Trinajstić information content (AvgIpc) is 2.75. The lowest BCUT2D eigenvalue weighted by Gasteiger charge is -1.98. The lowest BCUT2D eigenvalue weighted by atomic mass is 10.2. The van der Waals surface area contributed by atoms with Gasteiger partial charge in [-0.2, -0.15) is 5.10 Å². The van der Waals surface area contributed by atoms with Crippen LogP contribution in [0.15, 0.2) is 29.1 Å². The number of aromatic carboxylic acids is 1. The molecule has 0 aliphatic heterocycles. The van der Waals surface area contributed by atoms with Gasteiger partial charge in [-0.25, -0.2) is 4.79 Å². The van der Waals surface area contributed by atoms with Crippen molar-refractivity contribution in [1.82, 2.24) is 9.78 Å². The van der Waals surface area contributed by atoms with Crippen molar-refractivity contribution in [2.24, 2.45) is 0 Å². The normalized spacial score (nSPS) is 10.5. The minimum Gasteiger partial charge on any atom is -0.475 e. The van der Waals surface area contributed by atoms with Crippen LogP contribution in [-0.2, 0) is 6.54 Å². The summed E-state index contributed by atoms with van der Waals surface area (Å²) in [6.45, 7) is 0.404. The van der Waals surface area contributed by atoms with Crippen molar-refractivity contribution < 1.29 is 14.3 Å². The first kappa shape index (κ1) is 10.2. The summed E-state index contributed by atoms with van der Waals surface area (Å²) in [6.07, 6.45) is 4.91. The number of hydrogen-bond donors (Lipinski definition) is 1. The highest BCUT2D eigenvalue weighted by molar-refractivity contribution is 14.1. The second-order valence-electron chi connectivity index (χ2n) is 2.94. The number of nitrogens with zero attached hydrogens (tertiary/aromatic N) is 2. The van der Waals surface area contributed by atoms with Crippen LogP contribution < -0.4 is 0 Å². The second-order valence-corrected chi connectivity index (χ2v) is 4.18. The number of hydrogen-bond acceptors (Lipinski definition) is 3. The van der Waals surface area contributed by atoms with Gasteiger partial charge in [0.15, 0.2) is 0 Å². The fourth-order valence-electron chi connectivity index (χ4n) is 1.25. The minimum absolute atomic E-state index is 0.0273. The number of carbonyl (C=O) groups is 1. The van der Waals surface area contributed by atoms with E-state index in [4.69, 9.17) is 9.52 Å². The molecule has 2 rings (SSSR count). The van der Waals surface area contributed by atoms with Crippen LogP contribution >= 0.6 is 22.6 Å². The van der Waals surface area contributed by atoms with E-state index in [2.05, 4.69) is 27.7 Å². The van der Waals surface area contributed by atoms with E-state index in [1.165, 1.54) is 6.26 Å². The largest absolute Gasteiger partial charge is 0.475 e. The molecular weight excluding hydrogens is 311 g/mol. The molecule has 0 aliphatic carbocycles. The van der Waals surface area contributed by atoms with Gasteiger partial charge in [-0.1, -0.05) is 0 Å². The van der Waals surface area contributed by atoms with Gasteiger partial charge in [0.05, 0.1) is 22.6 Å². The lowest BCUT2D eigenvalue weighted by molar-refractivity contribution is 0.0660. The Morgan fingerprint density at radius 2 is 2.47 bits per heavy atom. The molecule has 2 aromatic rings. The van der Waals surface area contributed by atoms with Crippen LogP contribution in [0.1, 0.15) is 16.1 Å². The Hall–Kier alpha value is -1.31. The number of furan rings is 1. The Morgan fingerprint density at radius 1 is 1.67 bits per heavy atom. The third kappa shape index (κ3) is 2.20. The summed E-state index contributed by atoms with van der Waals surface area (Å²) >= 11 is 2.14. The Balaban J connectivity index is 2.24. The SMILES string of the molecule is O=C(O)c1occc1Cn1cc(I)cn1. The van der Waals surface area contributed by atoms with E-state index in [1.54, 1.807) is 16.9 Å². The van der Waals surface area contributed by atoms with Crippen molar-refractivity contribution in [2.75, 3.05) is 0 Å². The molecule has 0 radical (unpaired) electrons. The predicted molar refractivity (Wildman–Crippen MR) is 59.7 cm³/mol. The zero-order valence-electron chi connectivity index (χ0n) is 7.55. The molecule has 15 heavy (non-hydrogen) atoms. The fraction of sp³-hybridized carbons (Fsp3) is 0.111. The number of halogens is 1. The number of aromatic nitrogens is 2. The highest BCUT2D eigenvalue weighted by Crippen LogP contribution is 2.12. The third-order valence-corrected chi connectivity index (χ3v) is 2.43. The summed E-state index contributed by atoms with van der Waals surface area (Å²) in [5, 5.41) is 12.9. The average molecular weight is 318 g/mol. The molecule has 0 unspecified atom stereocenters. The Morgan fingerprint density at radius 3 is 3.07 bits per heavy atom. The molecule has 0 saturated heterocycles. The first-order chi connectivity index (χ1) is 7.16. The lowest BCUT2D eigenvalue weighted by Crippen LogP contribution is -2.04. The first-order valence-corrected chi connectivity index (χ1v) is 5.22. The summed E-state index contributed by atoms with van der Waals surface area (Å²) in [7, 11) is 0. The number of carboxylic acids is 1. The maximum absolute atomic E-state index is 10.8. The van der Waals surface area contributed by atoms with E-state index in [9.17, 15) is 4.79 Å². The quantitative estimate of drug-likeness (QED) is 0.877. The summed E-state index contributed by atoms with van der Waals surface area (Å²) < 4.78 is 7.54. The van der Waals surface area contributed by atoms with E-state index in [-0.39, 0.29) is 5.76 Å². The van der Waals surface area contributed by atoms with E-state index in [0.29, 0.717) is 12.1 Å². The monoisotopic (exact) mass is 318 g/mol. The van der Waals surface area contributed by atoms with Crippen LogP contribution in [0.25, 0.3) is 0 Å². The zero-order chi connectivity index (χ0) is 10.8. The maximum atomic E-state index is 10.8. The minimum atomic E-state index is -1.06. The van der Waals surface area contributed by atoms with Crippen LogP contribution in [-0.4, -0.2) is 20.9 Å². The molecule has 78 valence electrons. The van der Waals surface area contributed by atoms with Crippen molar-refractivity contribution in [2.45, 2.75) is 6.54 Å². The molecule has 5 nitrogen and oxygen atoms in total. The van der Waals surface area contributed by atoms with Crippen molar-refractivity contribution >= 4 is 28.6 Å². The van der Waals surface area contributed by atoms with Gasteiger partial charge in [0, 0.05) is 11.8 Å². The summed E-state index contributed by atoms with van der Waals surface area (Å²) in [4.78, 5) is 10.8. The summed E-state index contributed by atoms with van der Waals surface area (Å²) in [6, 6.07) is 1.64. The molecular formula is C9H7IN2O3. The van der Waals surface area contributed by atoms with Gasteiger partial charge in [0.1, 0.15) is 0 Å². The first-order valence-electron chi connectivity index (χ1n) is 4.14. The van der Waals surface area contributed by atoms with Gasteiger partial charge in [0.2, 0.25) is 5.76 Å². The highest BCUT2D eigenvalue weighted by atomic mass is 127. The summed E-state index contributed by atoms with van der Waals surface area (Å²) in [5.74, 6) is -1.09. The van der Waals surface area contributed by atoms with Crippen LogP contribution in [0, 0.1) is 3.57 Å². The Kier molecular flexibility index (Phi) is 2.76. The van der Waals surface area contributed by atoms with Gasteiger partial charge in [-0.05, 0) is 28.7 Å². The van der Waals surface area contributed by atoms with Crippen LogP contribution in [0.4, 0.5) is 0 Å². The van der Waals surface area contributed by atoms with Crippen LogP contribution in [0.3, 0.4) is 0 Å². The van der Waals surface area contributed by atoms with Gasteiger partial charge in [-0.15, -0.1) is 0 Å². The van der Waals surface area contributed by atoms with Crippen molar-refractivity contribution in [1.29, 1.82) is 0 Å². The van der Waals surface area contributed by atoms with Crippen molar-refractivity contribution in [3.05, 3.63) is 39.6 Å². The molecule has 0 aliphatic rings. The Labute approximate surface area is 98.8 Å². The highest BCUT2D eigenvalue weighted by Gasteiger charge is 2.14. The predicted octanol–water partition coefficient (Wildman–Crippen LogP) is 1.83. The van der Waals surface area contributed by atoms with Crippen LogP contribution in [0.2, 0.25) is 0 Å². The number of carboxylic acid groups (broad SMARTS) is 1. The van der Waals surface area contributed by atoms with Gasteiger partial charge in [0.25, 0.3) is 0 Å².